The molecule has 8 nitrogen and oxygen atoms in total. The molecule has 3 aromatic carbocycles. The van der Waals surface area contributed by atoms with E-state index < -0.39 is 0 Å². The molecule has 3 heterocycles. The maximum Gasteiger partial charge on any atom is 0.261 e. The summed E-state index contributed by atoms with van der Waals surface area (Å²) in [5, 5.41) is 10.2. The van der Waals surface area contributed by atoms with E-state index in [0.717, 1.165) is 44.3 Å². The van der Waals surface area contributed by atoms with Gasteiger partial charge in [-0.15, -0.1) is 16.4 Å². The van der Waals surface area contributed by atoms with Gasteiger partial charge in [0.2, 0.25) is 0 Å². The molecule has 6 rings (SSSR count). The summed E-state index contributed by atoms with van der Waals surface area (Å²) in [6, 6.07) is 17.4. The Balaban J connectivity index is 1.27. The van der Waals surface area contributed by atoms with E-state index in [9.17, 15) is 9.59 Å². The summed E-state index contributed by atoms with van der Waals surface area (Å²) in [5.74, 6) is 0.149. The van der Waals surface area contributed by atoms with Crippen LogP contribution in [0.5, 0.6) is 0 Å². The van der Waals surface area contributed by atoms with Crippen molar-refractivity contribution in [1.82, 2.24) is 29.8 Å². The molecule has 0 fully saturated rings. The van der Waals surface area contributed by atoms with Gasteiger partial charge in [0.05, 0.1) is 27.8 Å². The number of carbonyl (C=O) groups excluding carboxylic acids is 2. The van der Waals surface area contributed by atoms with Crippen LogP contribution in [0.15, 0.2) is 65.1 Å². The molecule has 1 aliphatic heterocycles. The third-order valence-corrected chi connectivity index (χ3v) is 8.57. The summed E-state index contributed by atoms with van der Waals surface area (Å²) < 4.78 is 3.87. The third kappa shape index (κ3) is 4.41. The van der Waals surface area contributed by atoms with E-state index >= 15 is 0 Å². The number of hydrogen-bond donors (Lipinski definition) is 0. The number of para-hydroxylation sites is 1. The van der Waals surface area contributed by atoms with Gasteiger partial charge in [0.1, 0.15) is 0 Å². The molecule has 0 atom stereocenters. The third-order valence-electron chi connectivity index (χ3n) is 6.36. The number of thioether (sulfide) groups is 1. The van der Waals surface area contributed by atoms with E-state index in [1.807, 2.05) is 61.6 Å². The largest absolute Gasteiger partial charge is 0.309 e. The van der Waals surface area contributed by atoms with Gasteiger partial charge in [0, 0.05) is 34.2 Å². The molecule has 2 aromatic heterocycles. The lowest BCUT2D eigenvalue weighted by molar-refractivity contribution is 0.0606. The molecule has 0 saturated carbocycles. The van der Waals surface area contributed by atoms with Crippen LogP contribution in [0, 0.1) is 0 Å². The fourth-order valence-corrected chi connectivity index (χ4v) is 6.55. The van der Waals surface area contributed by atoms with Gasteiger partial charge in [0.15, 0.2) is 4.34 Å². The number of imide groups is 1. The Kier molecular flexibility index (Phi) is 6.23. The fraction of sp³-hybridized carbons (Fsp3) is 0.222. The fourth-order valence-electron chi connectivity index (χ4n) is 4.61. The van der Waals surface area contributed by atoms with Crippen molar-refractivity contribution < 1.29 is 9.59 Å². The zero-order valence-corrected chi connectivity index (χ0v) is 22.1. The minimum atomic E-state index is -0.245. The van der Waals surface area contributed by atoms with Crippen molar-refractivity contribution in [3.8, 4) is 5.69 Å². The van der Waals surface area contributed by atoms with Crippen molar-refractivity contribution in [1.29, 1.82) is 0 Å². The topological polar surface area (TPSA) is 84.2 Å². The minimum absolute atomic E-state index is 0.245. The maximum absolute atomic E-state index is 13.3. The number of rotatable bonds is 8. The normalized spacial score (nSPS) is 13.4. The average Bonchev–Trinajstić information content (AvgIpc) is 3.54. The van der Waals surface area contributed by atoms with Gasteiger partial charge in [-0.25, -0.2) is 9.67 Å². The number of aromatic nitrogens is 4. The first kappa shape index (κ1) is 23.8. The molecule has 0 saturated heterocycles. The van der Waals surface area contributed by atoms with Gasteiger partial charge in [-0.1, -0.05) is 41.2 Å². The predicted octanol–water partition coefficient (Wildman–Crippen LogP) is 4.87. The van der Waals surface area contributed by atoms with Crippen molar-refractivity contribution in [3.05, 3.63) is 77.6 Å². The molecule has 186 valence electrons. The molecular formula is C27H24N6O2S2. The maximum atomic E-state index is 13.3. The Hall–Kier alpha value is -3.60. The van der Waals surface area contributed by atoms with Crippen LogP contribution in [0.4, 0.5) is 0 Å². The lowest BCUT2D eigenvalue weighted by Crippen LogP contribution is -2.41. The van der Waals surface area contributed by atoms with Gasteiger partial charge in [-0.3, -0.25) is 14.5 Å². The highest BCUT2D eigenvalue weighted by Gasteiger charge is 2.33. The number of carbonyl (C=O) groups is 2. The molecular weight excluding hydrogens is 504 g/mol. The molecule has 2 amide bonds. The van der Waals surface area contributed by atoms with E-state index in [1.165, 1.54) is 4.90 Å². The highest BCUT2D eigenvalue weighted by atomic mass is 32.2. The molecule has 0 N–H and O–H groups in total. The molecule has 0 bridgehead atoms. The van der Waals surface area contributed by atoms with Crippen LogP contribution in [0.2, 0.25) is 0 Å². The highest BCUT2D eigenvalue weighted by molar-refractivity contribution is 8.00. The van der Waals surface area contributed by atoms with E-state index in [-0.39, 0.29) is 11.8 Å². The van der Waals surface area contributed by atoms with Crippen LogP contribution in [-0.2, 0) is 5.75 Å². The quantitative estimate of drug-likeness (QED) is 0.210. The van der Waals surface area contributed by atoms with Crippen LogP contribution in [0.25, 0.3) is 26.7 Å². The number of hydrogen-bond acceptors (Lipinski definition) is 8. The standard InChI is InChI=1S/C27H24N6O2S2/c1-31(2)13-6-14-32-25(34)19-8-5-7-18-22(12-11-20(24(18)19)26(32)35)33-15-17(29-30-33)16-36-27-28-21-9-3-4-10-23(21)37-27/h3-5,7-12,15H,6,13-14,16H2,1-2H3. The number of fused-ring (bicyclic) bond motifs is 1. The van der Waals surface area contributed by atoms with Crippen molar-refractivity contribution in [3.63, 3.8) is 0 Å². The van der Waals surface area contributed by atoms with Gasteiger partial charge < -0.3 is 4.90 Å². The van der Waals surface area contributed by atoms with E-state index in [1.54, 1.807) is 39.9 Å². The minimum Gasteiger partial charge on any atom is -0.309 e. The van der Waals surface area contributed by atoms with Crippen LogP contribution in [-0.4, -0.2) is 68.8 Å². The van der Waals surface area contributed by atoms with Crippen LogP contribution in [0.1, 0.15) is 32.8 Å². The smallest absolute Gasteiger partial charge is 0.261 e. The number of thiazole rings is 1. The second kappa shape index (κ2) is 9.70. The Morgan fingerprint density at radius 2 is 1.78 bits per heavy atom. The van der Waals surface area contributed by atoms with E-state index in [0.29, 0.717) is 28.8 Å². The zero-order valence-electron chi connectivity index (χ0n) is 20.4. The second-order valence-corrected chi connectivity index (χ2v) is 11.4. The Morgan fingerprint density at radius 3 is 2.59 bits per heavy atom. The number of benzene rings is 3. The Labute approximate surface area is 221 Å². The van der Waals surface area contributed by atoms with Crippen molar-refractivity contribution in [2.75, 3.05) is 27.2 Å². The van der Waals surface area contributed by atoms with E-state index in [2.05, 4.69) is 21.4 Å². The molecule has 1 aliphatic rings. The molecule has 10 heteroatoms. The SMILES string of the molecule is CN(C)CCCN1C(=O)c2cccc3c(-n4cc(CSc5nc6ccccc6s5)nn4)ccc(c23)C1=O. The zero-order chi connectivity index (χ0) is 25.5. The molecule has 37 heavy (non-hydrogen) atoms. The Bertz CT molecular complexity index is 1600. The number of amides is 2. The van der Waals surface area contributed by atoms with Crippen LogP contribution >= 0.6 is 23.1 Å². The molecule has 0 radical (unpaired) electrons. The Morgan fingerprint density at radius 1 is 0.973 bits per heavy atom. The number of nitrogens with zero attached hydrogens (tertiary/aromatic N) is 6. The lowest BCUT2D eigenvalue weighted by Gasteiger charge is -2.28. The summed E-state index contributed by atoms with van der Waals surface area (Å²) in [7, 11) is 3.96. The van der Waals surface area contributed by atoms with Gasteiger partial charge in [0.25, 0.3) is 11.8 Å². The molecule has 0 spiro atoms. The van der Waals surface area contributed by atoms with Crippen LogP contribution < -0.4 is 0 Å². The van der Waals surface area contributed by atoms with E-state index in [4.69, 9.17) is 0 Å². The summed E-state index contributed by atoms with van der Waals surface area (Å²) in [6.45, 7) is 1.20. The summed E-state index contributed by atoms with van der Waals surface area (Å²) in [5.41, 5.74) is 3.70. The average molecular weight is 529 g/mol. The summed E-state index contributed by atoms with van der Waals surface area (Å²) >= 11 is 3.30. The van der Waals surface area contributed by atoms with Gasteiger partial charge in [-0.2, -0.15) is 0 Å². The highest BCUT2D eigenvalue weighted by Crippen LogP contribution is 2.34. The summed E-state index contributed by atoms with van der Waals surface area (Å²) in [4.78, 5) is 34.6. The van der Waals surface area contributed by atoms with Gasteiger partial charge >= 0.3 is 0 Å². The predicted molar refractivity (Wildman–Crippen MR) is 147 cm³/mol. The molecule has 0 aliphatic carbocycles. The van der Waals surface area contributed by atoms with Crippen molar-refractivity contribution >= 4 is 55.9 Å². The lowest BCUT2D eigenvalue weighted by atomic mass is 9.93. The van der Waals surface area contributed by atoms with Crippen LogP contribution in [0.3, 0.4) is 0 Å². The van der Waals surface area contributed by atoms with Crippen molar-refractivity contribution in [2.24, 2.45) is 0 Å². The molecule has 0 unspecified atom stereocenters. The van der Waals surface area contributed by atoms with Crippen molar-refractivity contribution in [2.45, 2.75) is 16.5 Å². The monoisotopic (exact) mass is 528 g/mol. The first-order chi connectivity index (χ1) is 18.0. The summed E-state index contributed by atoms with van der Waals surface area (Å²) in [6.07, 6.45) is 2.62. The first-order valence-corrected chi connectivity index (χ1v) is 13.8. The molecule has 5 aromatic rings. The van der Waals surface area contributed by atoms with Gasteiger partial charge in [-0.05, 0) is 57.4 Å². The second-order valence-electron chi connectivity index (χ2n) is 9.17. The first-order valence-electron chi connectivity index (χ1n) is 12.0.